The van der Waals surface area contributed by atoms with Crippen LogP contribution in [0.4, 0.5) is 18.9 Å². The van der Waals surface area contributed by atoms with Crippen LogP contribution in [0.1, 0.15) is 37.7 Å². The summed E-state index contributed by atoms with van der Waals surface area (Å²) >= 11 is 0. The Hall–Kier alpha value is -1.72. The van der Waals surface area contributed by atoms with Crippen LogP contribution >= 0.6 is 0 Å². The highest BCUT2D eigenvalue weighted by Gasteiger charge is 2.40. The predicted molar refractivity (Wildman–Crippen MR) is 72.9 cm³/mol. The molecule has 1 aromatic carbocycles. The molecule has 1 fully saturated rings. The average molecular weight is 301 g/mol. The van der Waals surface area contributed by atoms with Crippen LogP contribution in [0.25, 0.3) is 0 Å². The molecule has 3 nitrogen and oxygen atoms in total. The molecule has 0 aliphatic heterocycles. The number of carbonyl (C=O) groups is 1. The van der Waals surface area contributed by atoms with Gasteiger partial charge in [0.15, 0.2) is 0 Å². The fourth-order valence-corrected chi connectivity index (χ4v) is 2.75. The van der Waals surface area contributed by atoms with Gasteiger partial charge in [0.2, 0.25) is 0 Å². The minimum Gasteiger partial charge on any atom is -0.467 e. The van der Waals surface area contributed by atoms with E-state index in [1.807, 2.05) is 0 Å². The second kappa shape index (κ2) is 5.95. The summed E-state index contributed by atoms with van der Waals surface area (Å²) in [6.07, 6.45) is -0.274. The summed E-state index contributed by atoms with van der Waals surface area (Å²) in [6.45, 7) is 0. The fourth-order valence-electron chi connectivity index (χ4n) is 2.75. The van der Waals surface area contributed by atoms with Gasteiger partial charge in [0, 0.05) is 5.69 Å². The third-order valence-corrected chi connectivity index (χ3v) is 3.88. The SMILES string of the molecule is COC(=O)C1(Nc2ccc(C(F)(F)F)cc2)CCCCC1. The number of carbonyl (C=O) groups excluding carboxylic acids is 1. The molecule has 1 aliphatic carbocycles. The number of alkyl halides is 3. The zero-order chi connectivity index (χ0) is 15.5. The lowest BCUT2D eigenvalue weighted by Crippen LogP contribution is -2.48. The van der Waals surface area contributed by atoms with E-state index in [9.17, 15) is 18.0 Å². The van der Waals surface area contributed by atoms with Crippen molar-refractivity contribution in [2.75, 3.05) is 12.4 Å². The summed E-state index contributed by atoms with van der Waals surface area (Å²) in [6, 6.07) is 4.72. The molecular weight excluding hydrogens is 283 g/mol. The molecule has 0 amide bonds. The molecule has 1 aromatic rings. The quantitative estimate of drug-likeness (QED) is 0.858. The number of benzene rings is 1. The highest BCUT2D eigenvalue weighted by Crippen LogP contribution is 2.34. The Bertz CT molecular complexity index is 491. The number of hydrogen-bond acceptors (Lipinski definition) is 3. The van der Waals surface area contributed by atoms with Crippen LogP contribution < -0.4 is 5.32 Å². The number of esters is 1. The molecule has 0 radical (unpaired) electrons. The molecule has 0 bridgehead atoms. The summed E-state index contributed by atoms with van der Waals surface area (Å²) in [5.74, 6) is -0.359. The van der Waals surface area contributed by atoms with E-state index in [2.05, 4.69) is 5.32 Å². The monoisotopic (exact) mass is 301 g/mol. The first-order valence-electron chi connectivity index (χ1n) is 6.91. The molecule has 0 saturated heterocycles. The van der Waals surface area contributed by atoms with Crippen LogP contribution in [0.3, 0.4) is 0 Å². The first-order chi connectivity index (χ1) is 9.87. The minimum absolute atomic E-state index is 0.359. The van der Waals surface area contributed by atoms with E-state index in [-0.39, 0.29) is 5.97 Å². The maximum absolute atomic E-state index is 12.5. The maximum Gasteiger partial charge on any atom is 0.416 e. The van der Waals surface area contributed by atoms with Crippen molar-refractivity contribution in [3.8, 4) is 0 Å². The van der Waals surface area contributed by atoms with Crippen molar-refractivity contribution < 1.29 is 22.7 Å². The zero-order valence-corrected chi connectivity index (χ0v) is 11.8. The summed E-state index contributed by atoms with van der Waals surface area (Å²) in [4.78, 5) is 12.1. The van der Waals surface area contributed by atoms with Crippen molar-refractivity contribution in [3.63, 3.8) is 0 Å². The van der Waals surface area contributed by atoms with Gasteiger partial charge >= 0.3 is 12.1 Å². The van der Waals surface area contributed by atoms with Gasteiger partial charge in [0.1, 0.15) is 5.54 Å². The lowest BCUT2D eigenvalue weighted by molar-refractivity contribution is -0.147. The van der Waals surface area contributed by atoms with Crippen LogP contribution in [-0.2, 0) is 15.7 Å². The van der Waals surface area contributed by atoms with Crippen molar-refractivity contribution in [2.45, 2.75) is 43.8 Å². The molecular formula is C15H18F3NO2. The van der Waals surface area contributed by atoms with Crippen LogP contribution in [0, 0.1) is 0 Å². The Balaban J connectivity index is 2.19. The van der Waals surface area contributed by atoms with Gasteiger partial charge < -0.3 is 10.1 Å². The van der Waals surface area contributed by atoms with Gasteiger partial charge in [-0.25, -0.2) is 4.79 Å². The molecule has 1 N–H and O–H groups in total. The molecule has 116 valence electrons. The minimum atomic E-state index is -4.36. The van der Waals surface area contributed by atoms with Crippen molar-refractivity contribution in [2.24, 2.45) is 0 Å². The van der Waals surface area contributed by atoms with E-state index in [0.717, 1.165) is 31.4 Å². The molecule has 21 heavy (non-hydrogen) atoms. The van der Waals surface area contributed by atoms with E-state index >= 15 is 0 Å². The fraction of sp³-hybridized carbons (Fsp3) is 0.533. The Labute approximate surface area is 121 Å². The van der Waals surface area contributed by atoms with E-state index < -0.39 is 17.3 Å². The van der Waals surface area contributed by atoms with Crippen molar-refractivity contribution >= 4 is 11.7 Å². The third-order valence-electron chi connectivity index (χ3n) is 3.88. The highest BCUT2D eigenvalue weighted by molar-refractivity contribution is 5.84. The van der Waals surface area contributed by atoms with Gasteiger partial charge in [-0.1, -0.05) is 19.3 Å². The largest absolute Gasteiger partial charge is 0.467 e. The second-order valence-corrected chi connectivity index (χ2v) is 5.33. The normalized spacial score (nSPS) is 18.1. The summed E-state index contributed by atoms with van der Waals surface area (Å²) in [7, 11) is 1.33. The lowest BCUT2D eigenvalue weighted by atomic mass is 9.81. The van der Waals surface area contributed by atoms with Gasteiger partial charge in [-0.2, -0.15) is 13.2 Å². The predicted octanol–water partition coefficient (Wildman–Crippen LogP) is 3.99. The van der Waals surface area contributed by atoms with Crippen LogP contribution in [0.2, 0.25) is 0 Å². The molecule has 1 saturated carbocycles. The van der Waals surface area contributed by atoms with Gasteiger partial charge in [0.05, 0.1) is 12.7 Å². The Kier molecular flexibility index (Phi) is 4.44. The third kappa shape index (κ3) is 3.49. The van der Waals surface area contributed by atoms with E-state index in [4.69, 9.17) is 4.74 Å². The molecule has 0 spiro atoms. The second-order valence-electron chi connectivity index (χ2n) is 5.33. The molecule has 6 heteroatoms. The van der Waals surface area contributed by atoms with Crippen molar-refractivity contribution in [3.05, 3.63) is 29.8 Å². The Morgan fingerprint density at radius 2 is 1.71 bits per heavy atom. The van der Waals surface area contributed by atoms with Crippen molar-refractivity contribution in [1.29, 1.82) is 0 Å². The smallest absolute Gasteiger partial charge is 0.416 e. The number of halogens is 3. The zero-order valence-electron chi connectivity index (χ0n) is 11.8. The number of anilines is 1. The van der Waals surface area contributed by atoms with E-state index in [1.54, 1.807) is 0 Å². The Morgan fingerprint density at radius 3 is 2.19 bits per heavy atom. The number of rotatable bonds is 3. The molecule has 0 atom stereocenters. The molecule has 0 aromatic heterocycles. The van der Waals surface area contributed by atoms with E-state index in [0.29, 0.717) is 18.5 Å². The summed E-state index contributed by atoms with van der Waals surface area (Å²) in [5, 5.41) is 3.08. The standard InChI is InChI=1S/C15H18F3NO2/c1-21-13(20)14(9-3-2-4-10-14)19-12-7-5-11(6-8-12)15(16,17)18/h5-8,19H,2-4,9-10H2,1H3. The number of ether oxygens (including phenoxy) is 1. The van der Waals surface area contributed by atoms with Gasteiger partial charge in [0.25, 0.3) is 0 Å². The van der Waals surface area contributed by atoms with E-state index in [1.165, 1.54) is 19.2 Å². The van der Waals surface area contributed by atoms with Gasteiger partial charge in [-0.15, -0.1) is 0 Å². The molecule has 1 aliphatic rings. The van der Waals surface area contributed by atoms with Crippen LogP contribution in [0.15, 0.2) is 24.3 Å². The van der Waals surface area contributed by atoms with Crippen molar-refractivity contribution in [1.82, 2.24) is 0 Å². The number of nitrogens with one attached hydrogen (secondary N) is 1. The first-order valence-corrected chi connectivity index (χ1v) is 6.91. The maximum atomic E-state index is 12.5. The molecule has 0 unspecified atom stereocenters. The molecule has 0 heterocycles. The molecule has 2 rings (SSSR count). The summed E-state index contributed by atoms with van der Waals surface area (Å²) in [5.41, 5.74) is -1.04. The first kappa shape index (κ1) is 15.7. The summed E-state index contributed by atoms with van der Waals surface area (Å²) < 4.78 is 42.5. The number of hydrogen-bond donors (Lipinski definition) is 1. The average Bonchev–Trinajstić information content (AvgIpc) is 2.47. The van der Waals surface area contributed by atoms with Gasteiger partial charge in [-0.3, -0.25) is 0 Å². The highest BCUT2D eigenvalue weighted by atomic mass is 19.4. The van der Waals surface area contributed by atoms with Crippen LogP contribution in [-0.4, -0.2) is 18.6 Å². The lowest BCUT2D eigenvalue weighted by Gasteiger charge is -2.36. The van der Waals surface area contributed by atoms with Gasteiger partial charge in [-0.05, 0) is 37.1 Å². The van der Waals surface area contributed by atoms with Crippen LogP contribution in [0.5, 0.6) is 0 Å². The topological polar surface area (TPSA) is 38.3 Å². The number of methoxy groups -OCH3 is 1. The Morgan fingerprint density at radius 1 is 1.14 bits per heavy atom.